The molecule has 0 radical (unpaired) electrons. The molecule has 1 saturated carbocycles. The van der Waals surface area contributed by atoms with Gasteiger partial charge in [-0.3, -0.25) is 4.90 Å². The number of amides is 1. The Hall–Kier alpha value is -2.45. The number of hydrogen-bond donors (Lipinski definition) is 0. The zero-order valence-corrected chi connectivity index (χ0v) is 19.1. The summed E-state index contributed by atoms with van der Waals surface area (Å²) in [6, 6.07) is 6.41. The van der Waals surface area contributed by atoms with Crippen molar-refractivity contribution in [3.63, 3.8) is 0 Å². The average molecular weight is 445 g/mol. The van der Waals surface area contributed by atoms with Gasteiger partial charge in [-0.1, -0.05) is 23.9 Å². The molecule has 0 unspecified atom stereocenters. The number of aliphatic imine (C=N–C) groups is 1. The molecule has 1 saturated heterocycles. The van der Waals surface area contributed by atoms with Gasteiger partial charge in [-0.15, -0.1) is 0 Å². The van der Waals surface area contributed by atoms with Crippen molar-refractivity contribution in [3.05, 3.63) is 23.8 Å². The van der Waals surface area contributed by atoms with Crippen LogP contribution in [-0.2, 0) is 15.9 Å². The van der Waals surface area contributed by atoms with Crippen LogP contribution in [0.5, 0.6) is 11.5 Å². The Morgan fingerprint density at radius 3 is 2.78 bits per heavy atom. The molecule has 0 bridgehead atoms. The monoisotopic (exact) mass is 444 g/mol. The maximum Gasteiger partial charge on any atom is 0.507 e. The number of hydrogen-bond acceptors (Lipinski definition) is 7. The maximum absolute atomic E-state index is 12.2. The fraction of sp³-hybridized carbons (Fsp3) is 0.625. The van der Waals surface area contributed by atoms with Crippen LogP contribution in [0, 0.1) is 0 Å². The first-order chi connectivity index (χ1) is 15.7. The maximum atomic E-state index is 12.2. The number of ether oxygens (including phenoxy) is 4. The Labute approximate surface area is 189 Å². The number of carbonyl (C=O) groups excluding carboxylic acids is 1. The number of likely N-dealkylation sites (tertiary alicyclic amines) is 1. The Morgan fingerprint density at radius 1 is 1.16 bits per heavy atom. The highest BCUT2D eigenvalue weighted by Crippen LogP contribution is 2.30. The van der Waals surface area contributed by atoms with Crippen LogP contribution in [-0.4, -0.2) is 86.8 Å². The number of methoxy groups -OCH3 is 2. The zero-order valence-electron chi connectivity index (χ0n) is 19.1. The van der Waals surface area contributed by atoms with E-state index in [0.29, 0.717) is 19.2 Å². The fourth-order valence-electron chi connectivity index (χ4n) is 4.85. The minimum atomic E-state index is -0.305. The molecule has 1 aromatic carbocycles. The Morgan fingerprint density at radius 2 is 2.00 bits per heavy atom. The van der Waals surface area contributed by atoms with Crippen LogP contribution in [0.2, 0.25) is 0 Å². The first kappa shape index (κ1) is 22.7. The Kier molecular flexibility index (Phi) is 7.76. The SMILES string of the molecule is COc1ccc(CCO[C@@H]2CCCC[C@H]2N2CC[C@@H](OC(=O)[N+]3=CN=CC3)C2)cc1OC. The molecule has 2 fully saturated rings. The molecule has 3 atom stereocenters. The highest BCUT2D eigenvalue weighted by atomic mass is 16.6. The van der Waals surface area contributed by atoms with E-state index in [0.717, 1.165) is 50.3 Å². The normalized spacial score (nSPS) is 25.6. The fourth-order valence-corrected chi connectivity index (χ4v) is 4.85. The summed E-state index contributed by atoms with van der Waals surface area (Å²) in [4.78, 5) is 18.7. The average Bonchev–Trinajstić information content (AvgIpc) is 3.52. The minimum Gasteiger partial charge on any atom is -0.493 e. The van der Waals surface area contributed by atoms with Crippen LogP contribution in [0.15, 0.2) is 23.2 Å². The molecule has 8 heteroatoms. The van der Waals surface area contributed by atoms with E-state index in [1.54, 1.807) is 20.4 Å². The second-order valence-electron chi connectivity index (χ2n) is 8.59. The topological polar surface area (TPSA) is 72.6 Å². The Balaban J connectivity index is 1.27. The van der Waals surface area contributed by atoms with E-state index in [4.69, 9.17) is 18.9 Å². The van der Waals surface area contributed by atoms with E-state index >= 15 is 0 Å². The third kappa shape index (κ3) is 5.48. The van der Waals surface area contributed by atoms with Crippen LogP contribution in [0.3, 0.4) is 0 Å². The molecule has 32 heavy (non-hydrogen) atoms. The van der Waals surface area contributed by atoms with Gasteiger partial charge >= 0.3 is 6.09 Å². The third-order valence-electron chi connectivity index (χ3n) is 6.58. The predicted molar refractivity (Wildman–Crippen MR) is 121 cm³/mol. The lowest BCUT2D eigenvalue weighted by molar-refractivity contribution is -0.424. The van der Waals surface area contributed by atoms with Gasteiger partial charge < -0.3 is 18.9 Å². The molecule has 1 aliphatic carbocycles. The van der Waals surface area contributed by atoms with Gasteiger partial charge in [0.2, 0.25) is 0 Å². The summed E-state index contributed by atoms with van der Waals surface area (Å²) in [6.07, 6.45) is 9.42. The highest BCUT2D eigenvalue weighted by molar-refractivity contribution is 5.79. The summed E-state index contributed by atoms with van der Waals surface area (Å²) in [5.74, 6) is 1.49. The molecule has 2 heterocycles. The van der Waals surface area contributed by atoms with Gasteiger partial charge in [0, 0.05) is 19.1 Å². The molecule has 0 N–H and O–H groups in total. The van der Waals surface area contributed by atoms with Gasteiger partial charge in [0.1, 0.15) is 6.10 Å². The summed E-state index contributed by atoms with van der Waals surface area (Å²) in [5, 5.41) is 0. The quantitative estimate of drug-likeness (QED) is 0.574. The van der Waals surface area contributed by atoms with E-state index < -0.39 is 0 Å². The second kappa shape index (κ2) is 10.9. The van der Waals surface area contributed by atoms with E-state index in [1.807, 2.05) is 12.1 Å². The summed E-state index contributed by atoms with van der Waals surface area (Å²) in [6.45, 7) is 2.89. The standard InChI is InChI=1S/C24H34N3O5/c1-29-22-8-7-18(15-23(22)30-2)10-14-31-21-6-4-3-5-20(21)26-12-9-19(16-26)32-24(28)27-13-11-25-17-27/h7-8,11,15,17,19-21H,3-6,9-10,12-14,16H2,1-2H3/q+1/t19-,20-,21-/m1/s1. The minimum absolute atomic E-state index is 0.0640. The molecule has 0 aromatic heterocycles. The number of nitrogens with zero attached hydrogens (tertiary/aromatic N) is 3. The lowest BCUT2D eigenvalue weighted by Crippen LogP contribution is -2.46. The smallest absolute Gasteiger partial charge is 0.493 e. The second-order valence-corrected chi connectivity index (χ2v) is 8.59. The summed E-state index contributed by atoms with van der Waals surface area (Å²) < 4.78 is 24.3. The van der Waals surface area contributed by atoms with Crippen molar-refractivity contribution in [1.82, 2.24) is 4.90 Å². The third-order valence-corrected chi connectivity index (χ3v) is 6.58. The summed E-state index contributed by atoms with van der Waals surface area (Å²) in [7, 11) is 3.30. The van der Waals surface area contributed by atoms with Gasteiger partial charge in [0.25, 0.3) is 6.34 Å². The van der Waals surface area contributed by atoms with Gasteiger partial charge in [0.05, 0.1) is 26.9 Å². The number of carbonyl (C=O) groups is 1. The van der Waals surface area contributed by atoms with Gasteiger partial charge in [-0.25, -0.2) is 0 Å². The van der Waals surface area contributed by atoms with Gasteiger partial charge in [-0.05, 0) is 43.4 Å². The largest absolute Gasteiger partial charge is 0.507 e. The first-order valence-corrected chi connectivity index (χ1v) is 11.6. The van der Waals surface area contributed by atoms with E-state index in [-0.39, 0.29) is 18.3 Å². The molecule has 174 valence electrons. The molecule has 2 aliphatic heterocycles. The zero-order chi connectivity index (χ0) is 22.3. The van der Waals surface area contributed by atoms with E-state index in [9.17, 15) is 4.79 Å². The van der Waals surface area contributed by atoms with E-state index in [2.05, 4.69) is 16.0 Å². The van der Waals surface area contributed by atoms with Gasteiger partial charge in [0.15, 0.2) is 24.3 Å². The predicted octanol–water partition coefficient (Wildman–Crippen LogP) is 2.91. The van der Waals surface area contributed by atoms with E-state index in [1.165, 1.54) is 29.3 Å². The van der Waals surface area contributed by atoms with Crippen molar-refractivity contribution in [2.75, 3.05) is 40.5 Å². The highest BCUT2D eigenvalue weighted by Gasteiger charge is 2.37. The Bertz CT molecular complexity index is 856. The van der Waals surface area contributed by atoms with Crippen LogP contribution < -0.4 is 9.47 Å². The van der Waals surface area contributed by atoms with Crippen LogP contribution in [0.1, 0.15) is 37.7 Å². The molecule has 8 nitrogen and oxygen atoms in total. The van der Waals surface area contributed by atoms with Crippen molar-refractivity contribution in [3.8, 4) is 11.5 Å². The van der Waals surface area contributed by atoms with Crippen molar-refractivity contribution in [2.45, 2.75) is 56.8 Å². The van der Waals surface area contributed by atoms with Gasteiger partial charge in [-0.2, -0.15) is 9.37 Å². The molecular weight excluding hydrogens is 410 g/mol. The van der Waals surface area contributed by atoms with Crippen LogP contribution >= 0.6 is 0 Å². The van der Waals surface area contributed by atoms with Crippen molar-refractivity contribution in [1.29, 1.82) is 0 Å². The lowest BCUT2D eigenvalue weighted by atomic mass is 9.91. The molecule has 3 aliphatic rings. The van der Waals surface area contributed by atoms with Crippen molar-refractivity contribution >= 4 is 18.6 Å². The van der Waals surface area contributed by atoms with Crippen molar-refractivity contribution < 1.29 is 28.3 Å². The number of rotatable bonds is 8. The summed E-state index contributed by atoms with van der Waals surface area (Å²) >= 11 is 0. The number of benzene rings is 1. The molecule has 1 aromatic rings. The lowest BCUT2D eigenvalue weighted by Gasteiger charge is -2.37. The van der Waals surface area contributed by atoms with Crippen LogP contribution in [0.4, 0.5) is 4.79 Å². The molecule has 1 amide bonds. The molecule has 4 rings (SSSR count). The van der Waals surface area contributed by atoms with Crippen LogP contribution in [0.25, 0.3) is 0 Å². The first-order valence-electron chi connectivity index (χ1n) is 11.6. The summed E-state index contributed by atoms with van der Waals surface area (Å²) in [5.41, 5.74) is 1.17. The molecule has 0 spiro atoms. The molecular formula is C24H34N3O5+. The van der Waals surface area contributed by atoms with Crippen molar-refractivity contribution in [2.24, 2.45) is 4.99 Å².